The number of ether oxygens (including phenoxy) is 2. The molecule has 4 rings (SSSR count). The fourth-order valence-electron chi connectivity index (χ4n) is 3.72. The van der Waals surface area contributed by atoms with Crippen molar-refractivity contribution < 1.29 is 14.3 Å². The third-order valence-corrected chi connectivity index (χ3v) is 5.77. The van der Waals surface area contributed by atoms with Crippen molar-refractivity contribution in [3.05, 3.63) is 59.7 Å². The predicted molar refractivity (Wildman–Crippen MR) is 113 cm³/mol. The number of nitrogens with zero attached hydrogens (tertiary/aromatic N) is 2. The fourth-order valence-corrected chi connectivity index (χ4v) is 3.72. The molecule has 29 heavy (non-hydrogen) atoms. The van der Waals surface area contributed by atoms with Gasteiger partial charge in [-0.2, -0.15) is 0 Å². The van der Waals surface area contributed by atoms with Crippen molar-refractivity contribution in [1.82, 2.24) is 9.80 Å². The molecule has 0 heterocycles. The van der Waals surface area contributed by atoms with Crippen molar-refractivity contribution in [2.24, 2.45) is 0 Å². The number of carbonyl (C=O) groups is 1. The fraction of sp³-hybridized carbons (Fsp3) is 0.458. The Bertz CT molecular complexity index is 811. The molecular formula is C24H30N2O3. The van der Waals surface area contributed by atoms with Crippen LogP contribution in [0.3, 0.4) is 0 Å². The first-order valence-corrected chi connectivity index (χ1v) is 10.5. The van der Waals surface area contributed by atoms with E-state index in [2.05, 4.69) is 34.1 Å². The van der Waals surface area contributed by atoms with Crippen LogP contribution in [0, 0.1) is 0 Å². The first-order chi connectivity index (χ1) is 14.2. The minimum Gasteiger partial charge on any atom is -0.497 e. The van der Waals surface area contributed by atoms with E-state index in [0.29, 0.717) is 25.2 Å². The maximum absolute atomic E-state index is 13.2. The molecule has 0 radical (unpaired) electrons. The largest absolute Gasteiger partial charge is 0.497 e. The van der Waals surface area contributed by atoms with Crippen molar-refractivity contribution in [3.63, 3.8) is 0 Å². The van der Waals surface area contributed by atoms with Crippen LogP contribution in [-0.2, 0) is 17.9 Å². The highest BCUT2D eigenvalue weighted by Crippen LogP contribution is 2.31. The van der Waals surface area contributed by atoms with Gasteiger partial charge in [0.25, 0.3) is 0 Å². The van der Waals surface area contributed by atoms with E-state index in [9.17, 15) is 4.79 Å². The second-order valence-corrected chi connectivity index (χ2v) is 8.09. The van der Waals surface area contributed by atoms with Gasteiger partial charge in [0, 0.05) is 25.2 Å². The smallest absolute Gasteiger partial charge is 0.237 e. The molecule has 2 aromatic carbocycles. The summed E-state index contributed by atoms with van der Waals surface area (Å²) in [7, 11) is 3.35. The third kappa shape index (κ3) is 5.30. The van der Waals surface area contributed by atoms with Gasteiger partial charge in [-0.3, -0.25) is 9.69 Å². The highest BCUT2D eigenvalue weighted by atomic mass is 16.5. The molecule has 5 nitrogen and oxygen atoms in total. The molecule has 1 amide bonds. The van der Waals surface area contributed by atoms with E-state index < -0.39 is 0 Å². The van der Waals surface area contributed by atoms with Crippen molar-refractivity contribution in [3.8, 4) is 11.5 Å². The number of benzene rings is 2. The normalized spacial score (nSPS) is 16.0. The number of methoxy groups -OCH3 is 2. The predicted octanol–water partition coefficient (Wildman–Crippen LogP) is 3.86. The van der Waals surface area contributed by atoms with Crippen LogP contribution in [0.5, 0.6) is 11.5 Å². The number of amides is 1. The van der Waals surface area contributed by atoms with Gasteiger partial charge in [-0.15, -0.1) is 0 Å². The topological polar surface area (TPSA) is 42.0 Å². The van der Waals surface area contributed by atoms with Gasteiger partial charge in [0.05, 0.1) is 20.8 Å². The summed E-state index contributed by atoms with van der Waals surface area (Å²) in [6.07, 6.45) is 4.60. The molecule has 5 heteroatoms. The molecule has 154 valence electrons. The van der Waals surface area contributed by atoms with Crippen LogP contribution in [0.4, 0.5) is 0 Å². The lowest BCUT2D eigenvalue weighted by Gasteiger charge is -2.28. The van der Waals surface area contributed by atoms with E-state index in [4.69, 9.17) is 9.47 Å². The molecule has 2 aliphatic carbocycles. The second-order valence-electron chi connectivity index (χ2n) is 8.09. The summed E-state index contributed by atoms with van der Waals surface area (Å²) in [5, 5.41) is 0. The number of hydrogen-bond acceptors (Lipinski definition) is 4. The molecule has 2 fully saturated rings. The first kappa shape index (κ1) is 19.8. The Kier molecular flexibility index (Phi) is 6.05. The van der Waals surface area contributed by atoms with Crippen LogP contribution in [-0.4, -0.2) is 48.6 Å². The van der Waals surface area contributed by atoms with E-state index in [1.54, 1.807) is 14.2 Å². The minimum atomic E-state index is 0.240. The molecular weight excluding hydrogens is 364 g/mol. The van der Waals surface area contributed by atoms with Crippen LogP contribution in [0.15, 0.2) is 48.5 Å². The lowest BCUT2D eigenvalue weighted by molar-refractivity contribution is -0.134. The summed E-state index contributed by atoms with van der Waals surface area (Å²) < 4.78 is 10.5. The van der Waals surface area contributed by atoms with Gasteiger partial charge in [0.2, 0.25) is 5.91 Å². The van der Waals surface area contributed by atoms with Crippen LogP contribution >= 0.6 is 0 Å². The van der Waals surface area contributed by atoms with Gasteiger partial charge < -0.3 is 14.4 Å². The Balaban J connectivity index is 1.40. The lowest BCUT2D eigenvalue weighted by atomic mass is 10.2. The summed E-state index contributed by atoms with van der Waals surface area (Å²) in [6, 6.07) is 17.1. The molecule has 0 spiro atoms. The number of rotatable bonds is 10. The molecule has 0 bridgehead atoms. The molecule has 2 aliphatic rings. The summed E-state index contributed by atoms with van der Waals surface area (Å²) in [5.41, 5.74) is 2.37. The summed E-state index contributed by atoms with van der Waals surface area (Å²) in [4.78, 5) is 17.6. The molecule has 0 unspecified atom stereocenters. The number of hydrogen-bond donors (Lipinski definition) is 0. The monoisotopic (exact) mass is 394 g/mol. The molecule has 0 N–H and O–H groups in total. The third-order valence-electron chi connectivity index (χ3n) is 5.77. The van der Waals surface area contributed by atoms with Gasteiger partial charge >= 0.3 is 0 Å². The Morgan fingerprint density at radius 1 is 0.793 bits per heavy atom. The van der Waals surface area contributed by atoms with Crippen LogP contribution in [0.2, 0.25) is 0 Å². The van der Waals surface area contributed by atoms with Crippen LogP contribution in [0.25, 0.3) is 0 Å². The van der Waals surface area contributed by atoms with Gasteiger partial charge in [0.1, 0.15) is 11.5 Å². The SMILES string of the molecule is COc1ccc(CN(CC(=O)N(Cc2ccc(OC)cc2)C2CC2)C2CC2)cc1. The average molecular weight is 395 g/mol. The molecule has 0 aliphatic heterocycles. The molecule has 0 aromatic heterocycles. The lowest BCUT2D eigenvalue weighted by Crippen LogP contribution is -2.41. The van der Waals surface area contributed by atoms with Gasteiger partial charge in [-0.25, -0.2) is 0 Å². The molecule has 0 saturated heterocycles. The van der Waals surface area contributed by atoms with Crippen molar-refractivity contribution in [1.29, 1.82) is 0 Å². The highest BCUT2D eigenvalue weighted by Gasteiger charge is 2.36. The zero-order valence-corrected chi connectivity index (χ0v) is 17.3. The van der Waals surface area contributed by atoms with Gasteiger partial charge in [-0.1, -0.05) is 24.3 Å². The number of carbonyl (C=O) groups excluding carboxylic acids is 1. The Morgan fingerprint density at radius 3 is 1.72 bits per heavy atom. The summed E-state index contributed by atoms with van der Waals surface area (Å²) in [5.74, 6) is 1.95. The van der Waals surface area contributed by atoms with Crippen molar-refractivity contribution in [2.75, 3.05) is 20.8 Å². The summed E-state index contributed by atoms with van der Waals surface area (Å²) >= 11 is 0. The zero-order valence-electron chi connectivity index (χ0n) is 17.3. The minimum absolute atomic E-state index is 0.240. The van der Waals surface area contributed by atoms with Crippen molar-refractivity contribution in [2.45, 2.75) is 50.9 Å². The second kappa shape index (κ2) is 8.87. The summed E-state index contributed by atoms with van der Waals surface area (Å²) in [6.45, 7) is 1.97. The maximum Gasteiger partial charge on any atom is 0.237 e. The van der Waals surface area contributed by atoms with Crippen molar-refractivity contribution >= 4 is 5.91 Å². The Labute approximate surface area is 173 Å². The van der Waals surface area contributed by atoms with Gasteiger partial charge in [-0.05, 0) is 61.1 Å². The zero-order chi connectivity index (χ0) is 20.2. The first-order valence-electron chi connectivity index (χ1n) is 10.5. The Morgan fingerprint density at radius 2 is 1.28 bits per heavy atom. The van der Waals surface area contributed by atoms with E-state index in [1.165, 1.54) is 18.4 Å². The standard InChI is InChI=1S/C24H30N2O3/c1-28-22-11-3-18(4-12-22)15-25(20-7-8-20)17-24(27)26(21-9-10-21)16-19-5-13-23(29-2)14-6-19/h3-6,11-14,20-21H,7-10,15-17H2,1-2H3. The average Bonchev–Trinajstić information content (AvgIpc) is 3.65. The maximum atomic E-state index is 13.2. The highest BCUT2D eigenvalue weighted by molar-refractivity contribution is 5.79. The Hall–Kier alpha value is -2.53. The quantitative estimate of drug-likeness (QED) is 0.614. The van der Waals surface area contributed by atoms with Crippen LogP contribution in [0.1, 0.15) is 36.8 Å². The van der Waals surface area contributed by atoms with Gasteiger partial charge in [0.15, 0.2) is 0 Å². The van der Waals surface area contributed by atoms with E-state index in [0.717, 1.165) is 36.4 Å². The van der Waals surface area contributed by atoms with Crippen LogP contribution < -0.4 is 9.47 Å². The molecule has 2 saturated carbocycles. The van der Waals surface area contributed by atoms with E-state index >= 15 is 0 Å². The van der Waals surface area contributed by atoms with E-state index in [1.807, 2.05) is 24.3 Å². The molecule has 2 aromatic rings. The van der Waals surface area contributed by atoms with E-state index in [-0.39, 0.29) is 5.91 Å². The molecule has 0 atom stereocenters.